The van der Waals surface area contributed by atoms with Crippen molar-refractivity contribution < 1.29 is 14.6 Å². The quantitative estimate of drug-likeness (QED) is 0.876. The third-order valence-corrected chi connectivity index (χ3v) is 3.63. The Kier molecular flexibility index (Phi) is 5.83. The molecule has 0 unspecified atom stereocenters. The number of nitrogens with one attached hydrogen (secondary N) is 1. The molecule has 2 amide bonds. The number of benzene rings is 1. The Morgan fingerprint density at radius 1 is 1.24 bits per heavy atom. The fourth-order valence-corrected chi connectivity index (χ4v) is 2.42. The molecule has 0 aliphatic carbocycles. The SMILES string of the molecule is COc1ccc(NC(=O)N2CCCN(CCO)CC2)cc1. The molecule has 21 heavy (non-hydrogen) atoms. The number of aliphatic hydroxyl groups excluding tert-OH is 1. The summed E-state index contributed by atoms with van der Waals surface area (Å²) in [6.07, 6.45) is 0.927. The van der Waals surface area contributed by atoms with E-state index in [1.165, 1.54) is 0 Å². The van der Waals surface area contributed by atoms with Crippen molar-refractivity contribution in [3.8, 4) is 5.75 Å². The maximum atomic E-state index is 12.3. The molecule has 2 N–H and O–H groups in total. The Morgan fingerprint density at radius 3 is 2.67 bits per heavy atom. The van der Waals surface area contributed by atoms with Crippen LogP contribution in [-0.2, 0) is 0 Å². The maximum Gasteiger partial charge on any atom is 0.321 e. The van der Waals surface area contributed by atoms with Gasteiger partial charge in [0.25, 0.3) is 0 Å². The summed E-state index contributed by atoms with van der Waals surface area (Å²) < 4.78 is 5.09. The van der Waals surface area contributed by atoms with E-state index in [2.05, 4.69) is 10.2 Å². The fourth-order valence-electron chi connectivity index (χ4n) is 2.42. The molecule has 6 heteroatoms. The van der Waals surface area contributed by atoms with E-state index in [1.807, 2.05) is 29.2 Å². The fraction of sp³-hybridized carbons (Fsp3) is 0.533. The number of hydrogen-bond donors (Lipinski definition) is 2. The smallest absolute Gasteiger partial charge is 0.321 e. The van der Waals surface area contributed by atoms with Crippen LogP contribution in [0, 0.1) is 0 Å². The van der Waals surface area contributed by atoms with E-state index in [0.717, 1.165) is 37.5 Å². The van der Waals surface area contributed by atoms with Crippen molar-refractivity contribution in [1.29, 1.82) is 0 Å². The van der Waals surface area contributed by atoms with Gasteiger partial charge in [0.15, 0.2) is 0 Å². The Hall–Kier alpha value is -1.79. The predicted molar refractivity (Wildman–Crippen MR) is 81.7 cm³/mol. The van der Waals surface area contributed by atoms with Crippen LogP contribution in [-0.4, -0.2) is 67.4 Å². The summed E-state index contributed by atoms with van der Waals surface area (Å²) in [5.74, 6) is 0.766. The first-order chi connectivity index (χ1) is 10.2. The van der Waals surface area contributed by atoms with Gasteiger partial charge in [-0.05, 0) is 37.2 Å². The highest BCUT2D eigenvalue weighted by atomic mass is 16.5. The standard InChI is InChI=1S/C15H23N3O3/c1-21-14-5-3-13(4-6-14)16-15(20)18-8-2-7-17(9-10-18)11-12-19/h3-6,19H,2,7-12H2,1H3,(H,16,20). The molecule has 1 aromatic rings. The first-order valence-corrected chi connectivity index (χ1v) is 7.26. The number of hydrogen-bond acceptors (Lipinski definition) is 4. The van der Waals surface area contributed by atoms with Crippen LogP contribution in [0.25, 0.3) is 0 Å². The Morgan fingerprint density at radius 2 is 2.00 bits per heavy atom. The van der Waals surface area contributed by atoms with Gasteiger partial charge in [-0.1, -0.05) is 0 Å². The Labute approximate surface area is 125 Å². The topological polar surface area (TPSA) is 65.0 Å². The van der Waals surface area contributed by atoms with E-state index in [9.17, 15) is 4.79 Å². The third-order valence-electron chi connectivity index (χ3n) is 3.63. The normalized spacial score (nSPS) is 16.4. The molecule has 6 nitrogen and oxygen atoms in total. The van der Waals surface area contributed by atoms with Gasteiger partial charge >= 0.3 is 6.03 Å². The number of anilines is 1. The Bertz CT molecular complexity index is 450. The molecule has 2 rings (SSSR count). The van der Waals surface area contributed by atoms with Gasteiger partial charge in [-0.3, -0.25) is 4.90 Å². The molecule has 1 aliphatic heterocycles. The molecule has 0 aromatic heterocycles. The number of ether oxygens (including phenoxy) is 1. The van der Waals surface area contributed by atoms with Crippen molar-refractivity contribution in [3.63, 3.8) is 0 Å². The number of β-amino-alcohol motifs (C(OH)–C–C–N with tert-alkyl or cyclic N) is 1. The Balaban J connectivity index is 1.87. The number of amides is 2. The second-order valence-electron chi connectivity index (χ2n) is 5.06. The van der Waals surface area contributed by atoms with Crippen LogP contribution < -0.4 is 10.1 Å². The molecule has 0 radical (unpaired) electrons. The predicted octanol–water partition coefficient (Wildman–Crippen LogP) is 1.23. The lowest BCUT2D eigenvalue weighted by molar-refractivity contribution is 0.194. The molecule has 1 heterocycles. The van der Waals surface area contributed by atoms with Crippen LogP contribution >= 0.6 is 0 Å². The molecule has 0 atom stereocenters. The molecule has 1 fully saturated rings. The van der Waals surface area contributed by atoms with Gasteiger partial charge in [0, 0.05) is 31.9 Å². The summed E-state index contributed by atoms with van der Waals surface area (Å²) in [5.41, 5.74) is 0.761. The summed E-state index contributed by atoms with van der Waals surface area (Å²) in [7, 11) is 1.61. The zero-order chi connectivity index (χ0) is 15.1. The van der Waals surface area contributed by atoms with Crippen LogP contribution in [0.5, 0.6) is 5.75 Å². The lowest BCUT2D eigenvalue weighted by Gasteiger charge is -2.22. The van der Waals surface area contributed by atoms with E-state index < -0.39 is 0 Å². The van der Waals surface area contributed by atoms with Gasteiger partial charge < -0.3 is 20.1 Å². The minimum Gasteiger partial charge on any atom is -0.497 e. The zero-order valence-electron chi connectivity index (χ0n) is 12.4. The highest BCUT2D eigenvalue weighted by Gasteiger charge is 2.18. The molecule has 116 valence electrons. The van der Waals surface area contributed by atoms with Crippen molar-refractivity contribution >= 4 is 11.7 Å². The summed E-state index contributed by atoms with van der Waals surface area (Å²) in [6, 6.07) is 7.22. The molecule has 1 aliphatic rings. The first-order valence-electron chi connectivity index (χ1n) is 7.26. The monoisotopic (exact) mass is 293 g/mol. The number of aliphatic hydroxyl groups is 1. The molecule has 1 saturated heterocycles. The number of carbonyl (C=O) groups excluding carboxylic acids is 1. The average molecular weight is 293 g/mol. The third kappa shape index (κ3) is 4.61. The van der Waals surface area contributed by atoms with Crippen molar-refractivity contribution in [2.24, 2.45) is 0 Å². The highest BCUT2D eigenvalue weighted by Crippen LogP contribution is 2.15. The average Bonchev–Trinajstić information content (AvgIpc) is 2.74. The van der Waals surface area contributed by atoms with Crippen LogP contribution in [0.3, 0.4) is 0 Å². The highest BCUT2D eigenvalue weighted by molar-refractivity contribution is 5.89. The van der Waals surface area contributed by atoms with E-state index in [0.29, 0.717) is 13.1 Å². The van der Waals surface area contributed by atoms with Crippen molar-refractivity contribution in [3.05, 3.63) is 24.3 Å². The largest absolute Gasteiger partial charge is 0.497 e. The summed E-state index contributed by atoms with van der Waals surface area (Å²) in [5, 5.41) is 11.9. The van der Waals surface area contributed by atoms with Crippen LogP contribution in [0.4, 0.5) is 10.5 Å². The second kappa shape index (κ2) is 7.85. The van der Waals surface area contributed by atoms with E-state index in [1.54, 1.807) is 7.11 Å². The molecule has 0 bridgehead atoms. The first kappa shape index (κ1) is 15.6. The second-order valence-corrected chi connectivity index (χ2v) is 5.06. The maximum absolute atomic E-state index is 12.3. The number of nitrogens with zero attached hydrogens (tertiary/aromatic N) is 2. The lowest BCUT2D eigenvalue weighted by Crippen LogP contribution is -2.38. The van der Waals surface area contributed by atoms with Gasteiger partial charge in [-0.15, -0.1) is 0 Å². The van der Waals surface area contributed by atoms with Crippen LogP contribution in [0.1, 0.15) is 6.42 Å². The molecular weight excluding hydrogens is 270 g/mol. The minimum absolute atomic E-state index is 0.0778. The van der Waals surface area contributed by atoms with Gasteiger partial charge in [-0.2, -0.15) is 0 Å². The van der Waals surface area contributed by atoms with E-state index in [-0.39, 0.29) is 12.6 Å². The van der Waals surface area contributed by atoms with Crippen molar-refractivity contribution in [1.82, 2.24) is 9.80 Å². The molecular formula is C15H23N3O3. The summed E-state index contributed by atoms with van der Waals surface area (Å²) in [6.45, 7) is 3.99. The van der Waals surface area contributed by atoms with Crippen LogP contribution in [0.15, 0.2) is 24.3 Å². The number of carbonyl (C=O) groups is 1. The zero-order valence-corrected chi connectivity index (χ0v) is 12.4. The van der Waals surface area contributed by atoms with Gasteiger partial charge in [-0.25, -0.2) is 4.79 Å². The van der Waals surface area contributed by atoms with Crippen molar-refractivity contribution in [2.75, 3.05) is 51.8 Å². The number of rotatable bonds is 4. The minimum atomic E-state index is -0.0778. The van der Waals surface area contributed by atoms with Crippen LogP contribution in [0.2, 0.25) is 0 Å². The molecule has 0 saturated carbocycles. The molecule has 0 spiro atoms. The molecule has 1 aromatic carbocycles. The van der Waals surface area contributed by atoms with E-state index >= 15 is 0 Å². The van der Waals surface area contributed by atoms with Crippen molar-refractivity contribution in [2.45, 2.75) is 6.42 Å². The lowest BCUT2D eigenvalue weighted by atomic mass is 10.3. The number of methoxy groups -OCH3 is 1. The summed E-state index contributed by atoms with van der Waals surface area (Å²) >= 11 is 0. The van der Waals surface area contributed by atoms with Gasteiger partial charge in [0.1, 0.15) is 5.75 Å². The van der Waals surface area contributed by atoms with Gasteiger partial charge in [0.05, 0.1) is 13.7 Å². The number of urea groups is 1. The van der Waals surface area contributed by atoms with E-state index in [4.69, 9.17) is 9.84 Å². The summed E-state index contributed by atoms with van der Waals surface area (Å²) in [4.78, 5) is 16.3. The van der Waals surface area contributed by atoms with Gasteiger partial charge in [0.2, 0.25) is 0 Å².